The average molecular weight is 281 g/mol. The Morgan fingerprint density at radius 1 is 1.47 bits per heavy atom. The van der Waals surface area contributed by atoms with E-state index >= 15 is 0 Å². The third-order valence-corrected chi connectivity index (χ3v) is 5.03. The SMILES string of the molecule is CCc1ccc(CN2CCCC(CCC(=O)O)C2)s1. The Labute approximate surface area is 119 Å². The quantitative estimate of drug-likeness (QED) is 0.869. The Hall–Kier alpha value is -0.870. The van der Waals surface area contributed by atoms with Crippen LogP contribution in [0.1, 0.15) is 42.4 Å². The van der Waals surface area contributed by atoms with Gasteiger partial charge >= 0.3 is 5.97 Å². The minimum absolute atomic E-state index is 0.317. The summed E-state index contributed by atoms with van der Waals surface area (Å²) in [6.45, 7) is 5.45. The summed E-state index contributed by atoms with van der Waals surface area (Å²) in [6.07, 6.45) is 4.66. The molecule has 3 nitrogen and oxygen atoms in total. The molecule has 19 heavy (non-hydrogen) atoms. The third kappa shape index (κ3) is 4.62. The van der Waals surface area contributed by atoms with E-state index in [9.17, 15) is 4.79 Å². The number of hydrogen-bond acceptors (Lipinski definition) is 3. The van der Waals surface area contributed by atoms with E-state index in [4.69, 9.17) is 5.11 Å². The molecule has 2 rings (SSSR count). The van der Waals surface area contributed by atoms with Gasteiger partial charge in [0, 0.05) is 29.3 Å². The van der Waals surface area contributed by atoms with Crippen molar-refractivity contribution < 1.29 is 9.90 Å². The average Bonchev–Trinajstić information content (AvgIpc) is 2.84. The Bertz CT molecular complexity index is 416. The number of carbonyl (C=O) groups is 1. The second-order valence-corrected chi connectivity index (χ2v) is 6.65. The van der Waals surface area contributed by atoms with Crippen LogP contribution < -0.4 is 0 Å². The standard InChI is InChI=1S/C15H23NO2S/c1-2-13-6-7-14(19-13)11-16-9-3-4-12(10-16)5-8-15(17)18/h6-7,12H,2-5,8-11H2,1H3,(H,17,18). The smallest absolute Gasteiger partial charge is 0.303 e. The van der Waals surface area contributed by atoms with Crippen LogP contribution >= 0.6 is 11.3 Å². The fraction of sp³-hybridized carbons (Fsp3) is 0.667. The molecule has 1 atom stereocenters. The molecule has 1 aromatic rings. The van der Waals surface area contributed by atoms with E-state index in [0.29, 0.717) is 12.3 Å². The van der Waals surface area contributed by atoms with Crippen molar-refractivity contribution in [2.45, 2.75) is 45.6 Å². The monoisotopic (exact) mass is 281 g/mol. The number of aliphatic carboxylic acids is 1. The van der Waals surface area contributed by atoms with Gasteiger partial charge in [0.1, 0.15) is 0 Å². The lowest BCUT2D eigenvalue weighted by Crippen LogP contribution is -2.34. The van der Waals surface area contributed by atoms with E-state index in [0.717, 1.165) is 32.5 Å². The number of hydrogen-bond donors (Lipinski definition) is 1. The van der Waals surface area contributed by atoms with Crippen molar-refractivity contribution >= 4 is 17.3 Å². The number of carboxylic acid groups (broad SMARTS) is 1. The van der Waals surface area contributed by atoms with Crippen molar-refractivity contribution in [3.63, 3.8) is 0 Å². The molecule has 1 fully saturated rings. The lowest BCUT2D eigenvalue weighted by Gasteiger charge is -2.32. The van der Waals surface area contributed by atoms with Crippen LogP contribution in [-0.2, 0) is 17.8 Å². The van der Waals surface area contributed by atoms with E-state index in [1.807, 2.05) is 11.3 Å². The van der Waals surface area contributed by atoms with Gasteiger partial charge in [-0.3, -0.25) is 9.69 Å². The first kappa shape index (κ1) is 14.5. The summed E-state index contributed by atoms with van der Waals surface area (Å²) in [4.78, 5) is 16.0. The van der Waals surface area contributed by atoms with Crippen LogP contribution in [-0.4, -0.2) is 29.1 Å². The number of piperidine rings is 1. The molecule has 1 aliphatic heterocycles. The number of aryl methyl sites for hydroxylation is 1. The maximum Gasteiger partial charge on any atom is 0.303 e. The zero-order valence-electron chi connectivity index (χ0n) is 11.6. The van der Waals surface area contributed by atoms with Gasteiger partial charge < -0.3 is 5.11 Å². The minimum atomic E-state index is -0.664. The summed E-state index contributed by atoms with van der Waals surface area (Å²) in [7, 11) is 0. The van der Waals surface area contributed by atoms with Gasteiger partial charge in [0.2, 0.25) is 0 Å². The molecule has 1 aliphatic rings. The van der Waals surface area contributed by atoms with Crippen molar-refractivity contribution in [3.05, 3.63) is 21.9 Å². The van der Waals surface area contributed by atoms with E-state index in [1.54, 1.807) is 0 Å². The molecule has 106 valence electrons. The van der Waals surface area contributed by atoms with Crippen LogP contribution in [0.4, 0.5) is 0 Å². The van der Waals surface area contributed by atoms with Gasteiger partial charge in [-0.2, -0.15) is 0 Å². The van der Waals surface area contributed by atoms with Crippen LogP contribution in [0.3, 0.4) is 0 Å². The van der Waals surface area contributed by atoms with Gasteiger partial charge in [-0.25, -0.2) is 0 Å². The second-order valence-electron chi connectivity index (χ2n) is 5.40. The van der Waals surface area contributed by atoms with Crippen LogP contribution in [0.25, 0.3) is 0 Å². The zero-order chi connectivity index (χ0) is 13.7. The summed E-state index contributed by atoms with van der Waals surface area (Å²) in [5.41, 5.74) is 0. The molecule has 0 amide bonds. The van der Waals surface area contributed by atoms with Crippen LogP contribution in [0, 0.1) is 5.92 Å². The van der Waals surface area contributed by atoms with Crippen LogP contribution in [0.15, 0.2) is 12.1 Å². The Morgan fingerprint density at radius 3 is 2.95 bits per heavy atom. The molecular formula is C15H23NO2S. The molecule has 1 N–H and O–H groups in total. The molecule has 1 aromatic heterocycles. The Kier molecular flexibility index (Phi) is 5.40. The third-order valence-electron chi connectivity index (χ3n) is 3.81. The predicted molar refractivity (Wildman–Crippen MR) is 78.6 cm³/mol. The number of rotatable bonds is 6. The van der Waals surface area contributed by atoms with Crippen molar-refractivity contribution in [2.75, 3.05) is 13.1 Å². The Morgan fingerprint density at radius 2 is 2.26 bits per heavy atom. The summed E-state index contributed by atoms with van der Waals surface area (Å²) >= 11 is 1.91. The first-order valence-electron chi connectivity index (χ1n) is 7.19. The van der Waals surface area contributed by atoms with Crippen molar-refractivity contribution in [3.8, 4) is 0 Å². The summed E-state index contributed by atoms with van der Waals surface area (Å²) in [5.74, 6) is -0.0987. The number of likely N-dealkylation sites (tertiary alicyclic amines) is 1. The van der Waals surface area contributed by atoms with E-state index in [1.165, 1.54) is 22.6 Å². The van der Waals surface area contributed by atoms with E-state index in [2.05, 4.69) is 24.0 Å². The van der Waals surface area contributed by atoms with Crippen molar-refractivity contribution in [1.29, 1.82) is 0 Å². The number of nitrogens with zero attached hydrogens (tertiary/aromatic N) is 1. The topological polar surface area (TPSA) is 40.5 Å². The largest absolute Gasteiger partial charge is 0.481 e. The lowest BCUT2D eigenvalue weighted by atomic mass is 9.93. The number of carboxylic acids is 1. The van der Waals surface area contributed by atoms with Crippen molar-refractivity contribution in [2.24, 2.45) is 5.92 Å². The fourth-order valence-corrected chi connectivity index (χ4v) is 3.78. The molecule has 0 aliphatic carbocycles. The van der Waals surface area contributed by atoms with E-state index in [-0.39, 0.29) is 0 Å². The first-order valence-corrected chi connectivity index (χ1v) is 8.00. The van der Waals surface area contributed by atoms with Gasteiger partial charge in [-0.15, -0.1) is 11.3 Å². The molecular weight excluding hydrogens is 258 g/mol. The summed E-state index contributed by atoms with van der Waals surface area (Å²) in [6, 6.07) is 4.47. The maximum absolute atomic E-state index is 10.6. The van der Waals surface area contributed by atoms with E-state index < -0.39 is 5.97 Å². The zero-order valence-corrected chi connectivity index (χ0v) is 12.4. The van der Waals surface area contributed by atoms with Crippen LogP contribution in [0.5, 0.6) is 0 Å². The highest BCUT2D eigenvalue weighted by Crippen LogP contribution is 2.24. The van der Waals surface area contributed by atoms with Gasteiger partial charge in [0.25, 0.3) is 0 Å². The molecule has 0 spiro atoms. The highest BCUT2D eigenvalue weighted by atomic mass is 32.1. The minimum Gasteiger partial charge on any atom is -0.481 e. The summed E-state index contributed by atoms with van der Waals surface area (Å²) in [5, 5.41) is 8.76. The molecule has 1 unspecified atom stereocenters. The fourth-order valence-electron chi connectivity index (χ4n) is 2.78. The van der Waals surface area contributed by atoms with Gasteiger partial charge in [0.15, 0.2) is 0 Å². The predicted octanol–water partition coefficient (Wildman–Crippen LogP) is 3.39. The summed E-state index contributed by atoms with van der Waals surface area (Å²) < 4.78 is 0. The van der Waals surface area contributed by atoms with Gasteiger partial charge in [-0.1, -0.05) is 6.92 Å². The van der Waals surface area contributed by atoms with Gasteiger partial charge in [0.05, 0.1) is 0 Å². The normalized spacial score (nSPS) is 20.6. The van der Waals surface area contributed by atoms with Gasteiger partial charge in [-0.05, 0) is 50.3 Å². The molecule has 1 saturated heterocycles. The highest BCUT2D eigenvalue weighted by molar-refractivity contribution is 7.11. The second kappa shape index (κ2) is 7.06. The molecule has 4 heteroatoms. The first-order chi connectivity index (χ1) is 9.17. The maximum atomic E-state index is 10.6. The Balaban J connectivity index is 1.81. The molecule has 0 aromatic carbocycles. The molecule has 2 heterocycles. The van der Waals surface area contributed by atoms with Crippen molar-refractivity contribution in [1.82, 2.24) is 4.90 Å². The lowest BCUT2D eigenvalue weighted by molar-refractivity contribution is -0.137. The number of thiophene rings is 1. The molecule has 0 radical (unpaired) electrons. The molecule has 0 bridgehead atoms. The molecule has 0 saturated carbocycles. The highest BCUT2D eigenvalue weighted by Gasteiger charge is 2.20. The van der Waals surface area contributed by atoms with Crippen LogP contribution in [0.2, 0.25) is 0 Å².